The van der Waals surface area contributed by atoms with Crippen LogP contribution in [0.25, 0.3) is 0 Å². The van der Waals surface area contributed by atoms with Crippen LogP contribution >= 0.6 is 11.3 Å². The normalized spacial score (nSPS) is 10.2. The van der Waals surface area contributed by atoms with E-state index in [0.717, 1.165) is 6.42 Å². The Morgan fingerprint density at radius 2 is 1.81 bits per heavy atom. The molecule has 0 aliphatic rings. The largest absolute Gasteiger partial charge is 0.493 e. The summed E-state index contributed by atoms with van der Waals surface area (Å²) in [4.78, 5) is 13.6. The van der Waals surface area contributed by atoms with E-state index in [2.05, 4.69) is 0 Å². The monoisotopic (exact) mass is 306 g/mol. The van der Waals surface area contributed by atoms with Gasteiger partial charge in [-0.1, -0.05) is 6.07 Å². The van der Waals surface area contributed by atoms with Crippen molar-refractivity contribution in [2.75, 3.05) is 21.3 Å². The standard InChI is InChI=1S/C16H18O4S/c1-18-14-9-7-12(15(19-2)16(14)20-3)13(17)8-6-11-5-4-10-21-11/h4-5,7,9-10H,6,8H2,1-3H3. The number of carbonyl (C=O) groups excluding carboxylic acids is 1. The summed E-state index contributed by atoms with van der Waals surface area (Å²) in [5.41, 5.74) is 0.520. The van der Waals surface area contributed by atoms with Crippen molar-refractivity contribution in [2.45, 2.75) is 12.8 Å². The van der Waals surface area contributed by atoms with Crippen molar-refractivity contribution in [1.82, 2.24) is 0 Å². The van der Waals surface area contributed by atoms with Crippen LogP contribution in [0.15, 0.2) is 29.6 Å². The first-order chi connectivity index (χ1) is 10.2. The van der Waals surface area contributed by atoms with Gasteiger partial charge in [0, 0.05) is 11.3 Å². The average Bonchev–Trinajstić information content (AvgIpc) is 3.04. The van der Waals surface area contributed by atoms with Crippen molar-refractivity contribution in [3.63, 3.8) is 0 Å². The molecule has 0 N–H and O–H groups in total. The molecule has 0 atom stereocenters. The van der Waals surface area contributed by atoms with E-state index in [-0.39, 0.29) is 5.78 Å². The number of Topliss-reactive ketones (excluding diaryl/α,β-unsaturated/α-hetero) is 1. The van der Waals surface area contributed by atoms with Crippen molar-refractivity contribution in [3.05, 3.63) is 40.1 Å². The molecule has 0 bridgehead atoms. The molecule has 2 aromatic rings. The number of thiophene rings is 1. The number of benzene rings is 1. The molecule has 0 aliphatic heterocycles. The second-order valence-electron chi connectivity index (χ2n) is 4.38. The second-order valence-corrected chi connectivity index (χ2v) is 5.42. The first kappa shape index (κ1) is 15.4. The van der Waals surface area contributed by atoms with Crippen LogP contribution in [-0.4, -0.2) is 27.1 Å². The molecule has 0 amide bonds. The minimum atomic E-state index is 0.0289. The summed E-state index contributed by atoms with van der Waals surface area (Å²) in [6.07, 6.45) is 1.17. The van der Waals surface area contributed by atoms with Crippen LogP contribution in [0, 0.1) is 0 Å². The fraction of sp³-hybridized carbons (Fsp3) is 0.312. The third-order valence-corrected chi connectivity index (χ3v) is 4.12. The summed E-state index contributed by atoms with van der Waals surface area (Å²) in [6.45, 7) is 0. The van der Waals surface area contributed by atoms with E-state index in [9.17, 15) is 4.79 Å². The van der Waals surface area contributed by atoms with Crippen LogP contribution in [0.3, 0.4) is 0 Å². The molecule has 2 rings (SSSR count). The first-order valence-electron chi connectivity index (χ1n) is 6.55. The third kappa shape index (κ3) is 3.36. The summed E-state index contributed by atoms with van der Waals surface area (Å²) in [5, 5.41) is 2.01. The average molecular weight is 306 g/mol. The maximum Gasteiger partial charge on any atom is 0.204 e. The molecule has 21 heavy (non-hydrogen) atoms. The lowest BCUT2D eigenvalue weighted by atomic mass is 10.0. The van der Waals surface area contributed by atoms with Crippen LogP contribution in [-0.2, 0) is 6.42 Å². The van der Waals surface area contributed by atoms with Crippen molar-refractivity contribution in [1.29, 1.82) is 0 Å². The molecule has 0 radical (unpaired) electrons. The number of methoxy groups -OCH3 is 3. The highest BCUT2D eigenvalue weighted by Gasteiger charge is 2.20. The maximum atomic E-state index is 12.4. The number of hydrogen-bond acceptors (Lipinski definition) is 5. The van der Waals surface area contributed by atoms with Gasteiger partial charge in [-0.05, 0) is 30.0 Å². The maximum absolute atomic E-state index is 12.4. The second kappa shape index (κ2) is 7.13. The number of carbonyl (C=O) groups is 1. The van der Waals surface area contributed by atoms with Gasteiger partial charge in [0.25, 0.3) is 0 Å². The van der Waals surface area contributed by atoms with Gasteiger partial charge in [0.1, 0.15) is 0 Å². The Labute approximate surface area is 128 Å². The summed E-state index contributed by atoms with van der Waals surface area (Å²) < 4.78 is 15.9. The quantitative estimate of drug-likeness (QED) is 0.733. The smallest absolute Gasteiger partial charge is 0.204 e. The van der Waals surface area contributed by atoms with Gasteiger partial charge in [-0.3, -0.25) is 4.79 Å². The highest BCUT2D eigenvalue weighted by Crippen LogP contribution is 2.40. The Morgan fingerprint density at radius 3 is 2.38 bits per heavy atom. The summed E-state index contributed by atoms with van der Waals surface area (Å²) in [7, 11) is 4.60. The zero-order valence-corrected chi connectivity index (χ0v) is 13.2. The van der Waals surface area contributed by atoms with Gasteiger partial charge >= 0.3 is 0 Å². The predicted molar refractivity (Wildman–Crippen MR) is 83.1 cm³/mol. The van der Waals surface area contributed by atoms with Gasteiger partial charge in [0.2, 0.25) is 5.75 Å². The predicted octanol–water partition coefficient (Wildman–Crippen LogP) is 3.59. The summed E-state index contributed by atoms with van der Waals surface area (Å²) >= 11 is 1.66. The van der Waals surface area contributed by atoms with Crippen LogP contribution < -0.4 is 14.2 Å². The van der Waals surface area contributed by atoms with E-state index in [1.54, 1.807) is 30.6 Å². The van der Waals surface area contributed by atoms with Crippen LogP contribution in [0.5, 0.6) is 17.2 Å². The van der Waals surface area contributed by atoms with Crippen molar-refractivity contribution in [2.24, 2.45) is 0 Å². The zero-order chi connectivity index (χ0) is 15.2. The molecule has 0 saturated carbocycles. The molecule has 0 fully saturated rings. The molecule has 0 spiro atoms. The lowest BCUT2D eigenvalue weighted by Crippen LogP contribution is -2.05. The van der Waals surface area contributed by atoms with Crippen LogP contribution in [0.4, 0.5) is 0 Å². The Balaban J connectivity index is 2.23. The zero-order valence-electron chi connectivity index (χ0n) is 12.3. The van der Waals surface area contributed by atoms with E-state index in [4.69, 9.17) is 14.2 Å². The van der Waals surface area contributed by atoms with E-state index in [0.29, 0.717) is 29.2 Å². The number of ketones is 1. The SMILES string of the molecule is COc1ccc(C(=O)CCc2cccs2)c(OC)c1OC. The number of aryl methyl sites for hydroxylation is 1. The van der Waals surface area contributed by atoms with Gasteiger partial charge < -0.3 is 14.2 Å². The van der Waals surface area contributed by atoms with Gasteiger partial charge in [-0.15, -0.1) is 11.3 Å². The highest BCUT2D eigenvalue weighted by molar-refractivity contribution is 7.09. The molecule has 112 valence electrons. The minimum absolute atomic E-state index is 0.0289. The number of rotatable bonds is 7. The lowest BCUT2D eigenvalue weighted by molar-refractivity contribution is 0.0979. The molecule has 0 unspecified atom stereocenters. The van der Waals surface area contributed by atoms with Gasteiger partial charge in [0.05, 0.1) is 26.9 Å². The Hall–Kier alpha value is -2.01. The van der Waals surface area contributed by atoms with E-state index < -0.39 is 0 Å². The molecule has 0 saturated heterocycles. The molecular weight excluding hydrogens is 288 g/mol. The van der Waals surface area contributed by atoms with E-state index in [1.165, 1.54) is 19.1 Å². The van der Waals surface area contributed by atoms with Crippen molar-refractivity contribution < 1.29 is 19.0 Å². The fourth-order valence-electron chi connectivity index (χ4n) is 2.15. The van der Waals surface area contributed by atoms with Gasteiger partial charge in [0.15, 0.2) is 17.3 Å². The highest BCUT2D eigenvalue weighted by atomic mass is 32.1. The van der Waals surface area contributed by atoms with Crippen molar-refractivity contribution in [3.8, 4) is 17.2 Å². The van der Waals surface area contributed by atoms with Crippen LogP contribution in [0.2, 0.25) is 0 Å². The molecule has 1 aromatic heterocycles. The lowest BCUT2D eigenvalue weighted by Gasteiger charge is -2.15. The minimum Gasteiger partial charge on any atom is -0.493 e. The van der Waals surface area contributed by atoms with Gasteiger partial charge in [-0.25, -0.2) is 0 Å². The Bertz CT molecular complexity index is 605. The van der Waals surface area contributed by atoms with E-state index in [1.807, 2.05) is 17.5 Å². The van der Waals surface area contributed by atoms with Crippen LogP contribution in [0.1, 0.15) is 21.7 Å². The summed E-state index contributed by atoms with van der Waals surface area (Å²) in [5.74, 6) is 1.44. The Morgan fingerprint density at radius 1 is 1.05 bits per heavy atom. The molecule has 0 aliphatic carbocycles. The molecule has 5 heteroatoms. The number of hydrogen-bond donors (Lipinski definition) is 0. The molecular formula is C16H18O4S. The molecule has 1 aromatic carbocycles. The Kier molecular flexibility index (Phi) is 5.22. The fourth-order valence-corrected chi connectivity index (χ4v) is 2.86. The first-order valence-corrected chi connectivity index (χ1v) is 7.43. The molecule has 4 nitrogen and oxygen atoms in total. The third-order valence-electron chi connectivity index (χ3n) is 3.18. The molecule has 1 heterocycles. The topological polar surface area (TPSA) is 44.8 Å². The summed E-state index contributed by atoms with van der Waals surface area (Å²) in [6, 6.07) is 7.46. The van der Waals surface area contributed by atoms with E-state index >= 15 is 0 Å². The number of ether oxygens (including phenoxy) is 3. The van der Waals surface area contributed by atoms with Crippen molar-refractivity contribution >= 4 is 17.1 Å². The van der Waals surface area contributed by atoms with Gasteiger partial charge in [-0.2, -0.15) is 0 Å².